The van der Waals surface area contributed by atoms with Gasteiger partial charge in [0.25, 0.3) is 0 Å². The molecular formula is C52H33N5. The van der Waals surface area contributed by atoms with E-state index in [9.17, 15) is 0 Å². The predicted octanol–water partition coefficient (Wildman–Crippen LogP) is 13.1. The Morgan fingerprint density at radius 2 is 0.807 bits per heavy atom. The van der Waals surface area contributed by atoms with Crippen molar-refractivity contribution in [3.05, 3.63) is 200 Å². The first kappa shape index (κ1) is 31.6. The average Bonchev–Trinajstić information content (AvgIpc) is 3.95. The maximum absolute atomic E-state index is 5.43. The molecule has 0 N–H and O–H groups in total. The van der Waals surface area contributed by atoms with Gasteiger partial charge in [0.1, 0.15) is 11.6 Å². The molecule has 0 spiro atoms. The van der Waals surface area contributed by atoms with Crippen molar-refractivity contribution in [1.29, 1.82) is 0 Å². The Bertz CT molecular complexity index is 3410. The normalized spacial score (nSPS) is 11.9. The number of fused-ring (bicyclic) bond motifs is 8. The molecule has 4 aromatic heterocycles. The Hall–Kier alpha value is -7.76. The summed E-state index contributed by atoms with van der Waals surface area (Å²) in [5, 5.41) is 6.00. The molecule has 266 valence electrons. The number of para-hydroxylation sites is 6. The molecule has 0 bridgehead atoms. The summed E-state index contributed by atoms with van der Waals surface area (Å²) in [4.78, 5) is 10.5. The minimum atomic E-state index is 0.885. The molecule has 0 amide bonds. The van der Waals surface area contributed by atoms with Crippen LogP contribution in [0, 0.1) is 0 Å². The first-order valence-electron chi connectivity index (χ1n) is 19.3. The molecule has 0 aliphatic carbocycles. The maximum Gasteiger partial charge on any atom is 0.145 e. The van der Waals surface area contributed by atoms with Gasteiger partial charge in [0.2, 0.25) is 0 Å². The lowest BCUT2D eigenvalue weighted by atomic mass is 10.00. The molecule has 12 aromatic rings. The zero-order chi connectivity index (χ0) is 37.5. The summed E-state index contributed by atoms with van der Waals surface area (Å²) >= 11 is 0. The second kappa shape index (κ2) is 12.4. The van der Waals surface area contributed by atoms with Gasteiger partial charge in [-0.15, -0.1) is 0 Å². The van der Waals surface area contributed by atoms with E-state index in [0.29, 0.717) is 0 Å². The topological polar surface area (TPSA) is 40.6 Å². The van der Waals surface area contributed by atoms with E-state index in [4.69, 9.17) is 9.97 Å². The lowest BCUT2D eigenvalue weighted by molar-refractivity contribution is 1.10. The number of nitrogens with zero attached hydrogens (tertiary/aromatic N) is 5. The van der Waals surface area contributed by atoms with Crippen molar-refractivity contribution in [3.63, 3.8) is 0 Å². The third-order valence-electron chi connectivity index (χ3n) is 11.5. The second-order valence-electron chi connectivity index (χ2n) is 14.6. The molecule has 0 aliphatic rings. The van der Waals surface area contributed by atoms with Crippen LogP contribution in [0.3, 0.4) is 0 Å². The molecule has 5 nitrogen and oxygen atoms in total. The van der Waals surface area contributed by atoms with E-state index in [-0.39, 0.29) is 0 Å². The number of hydrogen-bond donors (Lipinski definition) is 0. The van der Waals surface area contributed by atoms with Gasteiger partial charge < -0.3 is 4.57 Å². The molecule has 4 heterocycles. The zero-order valence-electron chi connectivity index (χ0n) is 30.8. The maximum atomic E-state index is 5.43. The van der Waals surface area contributed by atoms with E-state index in [1.807, 2.05) is 6.07 Å². The van der Waals surface area contributed by atoms with Crippen molar-refractivity contribution >= 4 is 65.5 Å². The quantitative estimate of drug-likeness (QED) is 0.177. The number of imidazole rings is 1. The lowest BCUT2D eigenvalue weighted by Gasteiger charge is -2.16. The summed E-state index contributed by atoms with van der Waals surface area (Å²) in [6.45, 7) is 0. The fraction of sp³-hybridized carbons (Fsp3) is 0. The van der Waals surface area contributed by atoms with Gasteiger partial charge in [0.05, 0.1) is 38.6 Å². The fourth-order valence-electron chi connectivity index (χ4n) is 8.92. The van der Waals surface area contributed by atoms with Crippen LogP contribution in [-0.4, -0.2) is 23.7 Å². The summed E-state index contributed by atoms with van der Waals surface area (Å²) < 4.78 is 6.96. The van der Waals surface area contributed by atoms with Crippen LogP contribution in [0.15, 0.2) is 200 Å². The fourth-order valence-corrected chi connectivity index (χ4v) is 8.92. The molecule has 8 aromatic carbocycles. The van der Waals surface area contributed by atoms with Gasteiger partial charge in [-0.1, -0.05) is 127 Å². The largest absolute Gasteiger partial charge is 0.309 e. The summed E-state index contributed by atoms with van der Waals surface area (Å²) in [7, 11) is 0. The number of benzene rings is 8. The molecule has 0 fully saturated rings. The van der Waals surface area contributed by atoms with Gasteiger partial charge >= 0.3 is 0 Å². The molecule has 0 atom stereocenters. The molecular weight excluding hydrogens is 695 g/mol. The van der Waals surface area contributed by atoms with Crippen LogP contribution >= 0.6 is 0 Å². The number of hydrogen-bond acceptors (Lipinski definition) is 2. The van der Waals surface area contributed by atoms with E-state index in [2.05, 4.69) is 208 Å². The molecule has 5 heteroatoms. The zero-order valence-corrected chi connectivity index (χ0v) is 30.8. The van der Waals surface area contributed by atoms with Gasteiger partial charge in [-0.05, 0) is 83.9 Å². The number of aromatic nitrogens is 5. The number of rotatable bonds is 5. The van der Waals surface area contributed by atoms with Crippen LogP contribution in [0.2, 0.25) is 0 Å². The van der Waals surface area contributed by atoms with Crippen molar-refractivity contribution in [3.8, 4) is 39.7 Å². The highest BCUT2D eigenvalue weighted by molar-refractivity contribution is 6.11. The Morgan fingerprint density at radius 1 is 0.298 bits per heavy atom. The van der Waals surface area contributed by atoms with Crippen LogP contribution in [0.25, 0.3) is 105 Å². The SMILES string of the molecule is c1ccc(-c2nc3ccccc3n2-c2ccc(-c3cc(-n4c5ccccc5c5ccccc54)nc4ccc(-n5c6ccccc6c6ccccc65)cc34)cc2)cc1. The Labute approximate surface area is 328 Å². The smallest absolute Gasteiger partial charge is 0.145 e. The summed E-state index contributed by atoms with van der Waals surface area (Å²) in [6, 6.07) is 71.3. The molecule has 57 heavy (non-hydrogen) atoms. The van der Waals surface area contributed by atoms with Crippen LogP contribution in [0.1, 0.15) is 0 Å². The van der Waals surface area contributed by atoms with E-state index >= 15 is 0 Å². The van der Waals surface area contributed by atoms with Crippen LogP contribution < -0.4 is 0 Å². The highest BCUT2D eigenvalue weighted by atomic mass is 15.1. The lowest BCUT2D eigenvalue weighted by Crippen LogP contribution is -2.01. The summed E-state index contributed by atoms with van der Waals surface area (Å²) in [5.74, 6) is 1.80. The highest BCUT2D eigenvalue weighted by Crippen LogP contribution is 2.39. The monoisotopic (exact) mass is 727 g/mol. The standard InChI is InChI=1S/C52H33N5/c1-2-14-35(15-3-1)52-54-45-20-8-13-25-50(45)56(52)36-28-26-34(27-29-36)42-33-51(57-48-23-11-6-18-40(48)41-19-7-12-24-49(41)57)53-44-31-30-37(32-43(42)44)55-46-21-9-4-16-38(46)39-17-5-10-22-47(39)55/h1-33H. The van der Waals surface area contributed by atoms with Crippen molar-refractivity contribution < 1.29 is 0 Å². The van der Waals surface area contributed by atoms with Gasteiger partial charge in [-0.3, -0.25) is 9.13 Å². The van der Waals surface area contributed by atoms with Crippen molar-refractivity contribution in [2.45, 2.75) is 0 Å². The Balaban J connectivity index is 1.10. The van der Waals surface area contributed by atoms with Crippen LogP contribution in [-0.2, 0) is 0 Å². The van der Waals surface area contributed by atoms with Gasteiger partial charge in [-0.25, -0.2) is 9.97 Å². The number of pyridine rings is 1. The van der Waals surface area contributed by atoms with Gasteiger partial charge in [0, 0.05) is 43.9 Å². The minimum Gasteiger partial charge on any atom is -0.309 e. The third kappa shape index (κ3) is 4.82. The predicted molar refractivity (Wildman–Crippen MR) is 236 cm³/mol. The molecule has 0 saturated carbocycles. The minimum absolute atomic E-state index is 0.885. The Kier molecular flexibility index (Phi) is 6.86. The van der Waals surface area contributed by atoms with E-state index in [1.165, 1.54) is 32.6 Å². The van der Waals surface area contributed by atoms with Crippen LogP contribution in [0.5, 0.6) is 0 Å². The molecule has 0 aliphatic heterocycles. The van der Waals surface area contributed by atoms with Crippen molar-refractivity contribution in [2.24, 2.45) is 0 Å². The van der Waals surface area contributed by atoms with Gasteiger partial charge in [-0.2, -0.15) is 0 Å². The summed E-state index contributed by atoms with van der Waals surface area (Å²) in [6.07, 6.45) is 0. The third-order valence-corrected chi connectivity index (χ3v) is 11.5. The molecule has 0 saturated heterocycles. The van der Waals surface area contributed by atoms with Gasteiger partial charge in [0.15, 0.2) is 0 Å². The summed E-state index contributed by atoms with van der Waals surface area (Å²) in [5.41, 5.74) is 13.1. The van der Waals surface area contributed by atoms with E-state index in [1.54, 1.807) is 0 Å². The van der Waals surface area contributed by atoms with Crippen LogP contribution in [0.4, 0.5) is 0 Å². The molecule has 0 radical (unpaired) electrons. The first-order valence-corrected chi connectivity index (χ1v) is 19.3. The molecule has 12 rings (SSSR count). The second-order valence-corrected chi connectivity index (χ2v) is 14.6. The average molecular weight is 728 g/mol. The Morgan fingerprint density at radius 3 is 1.42 bits per heavy atom. The highest BCUT2D eigenvalue weighted by Gasteiger charge is 2.19. The molecule has 0 unspecified atom stereocenters. The van der Waals surface area contributed by atoms with Crippen molar-refractivity contribution in [1.82, 2.24) is 23.7 Å². The van der Waals surface area contributed by atoms with E-state index in [0.717, 1.165) is 72.7 Å². The van der Waals surface area contributed by atoms with E-state index < -0.39 is 0 Å². The first-order chi connectivity index (χ1) is 28.3. The van der Waals surface area contributed by atoms with Crippen molar-refractivity contribution in [2.75, 3.05) is 0 Å².